The second-order valence-electron chi connectivity index (χ2n) is 6.07. The summed E-state index contributed by atoms with van der Waals surface area (Å²) >= 11 is 0. The summed E-state index contributed by atoms with van der Waals surface area (Å²) < 4.78 is 0. The van der Waals surface area contributed by atoms with Crippen LogP contribution in [0.1, 0.15) is 30.9 Å². The molecule has 2 aliphatic rings. The van der Waals surface area contributed by atoms with E-state index in [0.29, 0.717) is 19.0 Å². The van der Waals surface area contributed by atoms with Crippen molar-refractivity contribution in [2.45, 2.75) is 32.9 Å². The number of nitrogens with two attached hydrogens (primary N) is 1. The molecule has 0 bridgehead atoms. The molecule has 1 saturated heterocycles. The van der Waals surface area contributed by atoms with Crippen LogP contribution in [-0.2, 0) is 22.7 Å². The molecule has 0 aromatic heterocycles. The quantitative estimate of drug-likeness (QED) is 0.851. The zero-order valence-corrected chi connectivity index (χ0v) is 11.7. The molecule has 2 amide bonds. The predicted octanol–water partition coefficient (Wildman–Crippen LogP) is 1.68. The first-order valence-electron chi connectivity index (χ1n) is 7.23. The zero-order valence-electron chi connectivity index (χ0n) is 11.7. The Kier molecular flexibility index (Phi) is 3.34. The Morgan fingerprint density at radius 2 is 1.55 bits per heavy atom. The van der Waals surface area contributed by atoms with Gasteiger partial charge in [0.1, 0.15) is 0 Å². The Bertz CT molecular complexity index is 514. The SMILES string of the molecule is CC1CC2C(=O)N(Cc3ccc(CN)cc3)C(=O)C2C1. The van der Waals surface area contributed by atoms with Crippen molar-refractivity contribution in [2.75, 3.05) is 0 Å². The van der Waals surface area contributed by atoms with Gasteiger partial charge in [0, 0.05) is 6.54 Å². The van der Waals surface area contributed by atoms with E-state index in [1.165, 1.54) is 4.90 Å². The summed E-state index contributed by atoms with van der Waals surface area (Å²) in [5, 5.41) is 0. The van der Waals surface area contributed by atoms with E-state index >= 15 is 0 Å². The fourth-order valence-electron chi connectivity index (χ4n) is 3.47. The van der Waals surface area contributed by atoms with Crippen LogP contribution in [0.4, 0.5) is 0 Å². The van der Waals surface area contributed by atoms with Crippen LogP contribution in [0.15, 0.2) is 24.3 Å². The summed E-state index contributed by atoms with van der Waals surface area (Å²) in [5.74, 6) is 0.394. The topological polar surface area (TPSA) is 63.4 Å². The van der Waals surface area contributed by atoms with Crippen LogP contribution in [0.2, 0.25) is 0 Å². The maximum atomic E-state index is 12.4. The molecule has 4 nitrogen and oxygen atoms in total. The van der Waals surface area contributed by atoms with Gasteiger partial charge in [0.2, 0.25) is 11.8 Å². The lowest BCUT2D eigenvalue weighted by molar-refractivity contribution is -0.141. The second kappa shape index (κ2) is 5.02. The Labute approximate surface area is 118 Å². The Morgan fingerprint density at radius 3 is 2.05 bits per heavy atom. The number of likely N-dealkylation sites (tertiary alicyclic amines) is 1. The lowest BCUT2D eigenvalue weighted by atomic mass is 10.00. The molecule has 2 atom stereocenters. The minimum absolute atomic E-state index is 0.0206. The molecule has 1 heterocycles. The van der Waals surface area contributed by atoms with Gasteiger partial charge in [0.15, 0.2) is 0 Å². The summed E-state index contributed by atoms with van der Waals surface area (Å²) in [6, 6.07) is 7.78. The van der Waals surface area contributed by atoms with Crippen molar-refractivity contribution in [1.82, 2.24) is 4.90 Å². The van der Waals surface area contributed by atoms with Crippen LogP contribution >= 0.6 is 0 Å². The molecule has 1 aliphatic carbocycles. The minimum atomic E-state index is -0.0687. The van der Waals surface area contributed by atoms with Crippen molar-refractivity contribution in [1.29, 1.82) is 0 Å². The number of carbonyl (C=O) groups excluding carboxylic acids is 2. The van der Waals surface area contributed by atoms with E-state index in [1.54, 1.807) is 0 Å². The van der Waals surface area contributed by atoms with E-state index in [0.717, 1.165) is 24.0 Å². The molecule has 2 fully saturated rings. The maximum absolute atomic E-state index is 12.4. The molecule has 106 valence electrons. The molecule has 0 radical (unpaired) electrons. The largest absolute Gasteiger partial charge is 0.326 e. The third kappa shape index (κ3) is 2.14. The standard InChI is InChI=1S/C16H20N2O2/c1-10-6-13-14(7-10)16(20)18(15(13)19)9-12-4-2-11(8-17)3-5-12/h2-5,10,13-14H,6-9,17H2,1H3. The lowest BCUT2D eigenvalue weighted by Gasteiger charge is -2.17. The number of fused-ring (bicyclic) bond motifs is 1. The Balaban J connectivity index is 1.75. The fourth-order valence-corrected chi connectivity index (χ4v) is 3.47. The van der Waals surface area contributed by atoms with E-state index in [2.05, 4.69) is 6.92 Å². The van der Waals surface area contributed by atoms with Gasteiger partial charge in [-0.15, -0.1) is 0 Å². The van der Waals surface area contributed by atoms with Gasteiger partial charge in [-0.05, 0) is 29.9 Å². The van der Waals surface area contributed by atoms with Gasteiger partial charge in [-0.3, -0.25) is 14.5 Å². The van der Waals surface area contributed by atoms with Crippen molar-refractivity contribution in [3.8, 4) is 0 Å². The minimum Gasteiger partial charge on any atom is -0.326 e. The molecule has 1 aliphatic heterocycles. The number of carbonyl (C=O) groups is 2. The van der Waals surface area contributed by atoms with Gasteiger partial charge in [-0.25, -0.2) is 0 Å². The smallest absolute Gasteiger partial charge is 0.233 e. The van der Waals surface area contributed by atoms with E-state index in [1.807, 2.05) is 24.3 Å². The van der Waals surface area contributed by atoms with E-state index < -0.39 is 0 Å². The van der Waals surface area contributed by atoms with Crippen LogP contribution in [0.5, 0.6) is 0 Å². The van der Waals surface area contributed by atoms with Crippen molar-refractivity contribution in [2.24, 2.45) is 23.5 Å². The second-order valence-corrected chi connectivity index (χ2v) is 6.07. The lowest BCUT2D eigenvalue weighted by Crippen LogP contribution is -2.31. The predicted molar refractivity (Wildman–Crippen MR) is 75.3 cm³/mol. The number of benzene rings is 1. The normalized spacial score (nSPS) is 29.1. The maximum Gasteiger partial charge on any atom is 0.233 e. The van der Waals surface area contributed by atoms with Gasteiger partial charge in [-0.1, -0.05) is 31.2 Å². The number of hydrogen-bond donors (Lipinski definition) is 1. The summed E-state index contributed by atoms with van der Waals surface area (Å²) in [7, 11) is 0. The molecule has 1 saturated carbocycles. The highest BCUT2D eigenvalue weighted by Gasteiger charge is 2.51. The summed E-state index contributed by atoms with van der Waals surface area (Å²) in [5.41, 5.74) is 7.60. The first-order chi connectivity index (χ1) is 9.60. The number of hydrogen-bond acceptors (Lipinski definition) is 3. The van der Waals surface area contributed by atoms with E-state index in [-0.39, 0.29) is 23.7 Å². The highest BCUT2D eigenvalue weighted by atomic mass is 16.2. The average Bonchev–Trinajstić information content (AvgIpc) is 2.93. The highest BCUT2D eigenvalue weighted by molar-refractivity contribution is 6.05. The highest BCUT2D eigenvalue weighted by Crippen LogP contribution is 2.43. The van der Waals surface area contributed by atoms with Gasteiger partial charge in [0.25, 0.3) is 0 Å². The van der Waals surface area contributed by atoms with Crippen molar-refractivity contribution >= 4 is 11.8 Å². The zero-order chi connectivity index (χ0) is 14.3. The fraction of sp³-hybridized carbons (Fsp3) is 0.500. The molecule has 1 aromatic rings. The van der Waals surface area contributed by atoms with Gasteiger partial charge < -0.3 is 5.73 Å². The van der Waals surface area contributed by atoms with E-state index in [4.69, 9.17) is 5.73 Å². The molecule has 2 unspecified atom stereocenters. The third-order valence-corrected chi connectivity index (χ3v) is 4.56. The van der Waals surface area contributed by atoms with Crippen molar-refractivity contribution in [3.05, 3.63) is 35.4 Å². The number of rotatable bonds is 3. The number of amides is 2. The molecule has 20 heavy (non-hydrogen) atoms. The monoisotopic (exact) mass is 272 g/mol. The van der Waals surface area contributed by atoms with Crippen molar-refractivity contribution in [3.63, 3.8) is 0 Å². The van der Waals surface area contributed by atoms with Gasteiger partial charge >= 0.3 is 0 Å². The van der Waals surface area contributed by atoms with Gasteiger partial charge in [-0.2, -0.15) is 0 Å². The summed E-state index contributed by atoms with van der Waals surface area (Å²) in [4.78, 5) is 26.2. The van der Waals surface area contributed by atoms with Crippen molar-refractivity contribution < 1.29 is 9.59 Å². The first kappa shape index (κ1) is 13.3. The molecule has 0 spiro atoms. The van der Waals surface area contributed by atoms with Crippen LogP contribution in [0.3, 0.4) is 0 Å². The van der Waals surface area contributed by atoms with Crippen LogP contribution in [-0.4, -0.2) is 16.7 Å². The first-order valence-corrected chi connectivity index (χ1v) is 7.23. The molecule has 2 N–H and O–H groups in total. The Morgan fingerprint density at radius 1 is 1.05 bits per heavy atom. The summed E-state index contributed by atoms with van der Waals surface area (Å²) in [6.45, 7) is 3.02. The molecular formula is C16H20N2O2. The van der Waals surface area contributed by atoms with Crippen LogP contribution < -0.4 is 5.73 Å². The van der Waals surface area contributed by atoms with Crippen LogP contribution in [0, 0.1) is 17.8 Å². The molecular weight excluding hydrogens is 252 g/mol. The third-order valence-electron chi connectivity index (χ3n) is 4.56. The molecule has 1 aromatic carbocycles. The Hall–Kier alpha value is -1.68. The van der Waals surface area contributed by atoms with Crippen LogP contribution in [0.25, 0.3) is 0 Å². The number of nitrogens with zero attached hydrogens (tertiary/aromatic N) is 1. The van der Waals surface area contributed by atoms with E-state index in [9.17, 15) is 9.59 Å². The number of imide groups is 1. The molecule has 3 rings (SSSR count). The van der Waals surface area contributed by atoms with Gasteiger partial charge in [0.05, 0.1) is 18.4 Å². The molecule has 4 heteroatoms. The summed E-state index contributed by atoms with van der Waals surface area (Å²) in [6.07, 6.45) is 1.72. The average molecular weight is 272 g/mol.